The van der Waals surface area contributed by atoms with Crippen molar-refractivity contribution in [2.75, 3.05) is 0 Å². The molecule has 0 fully saturated rings. The van der Waals surface area contributed by atoms with Gasteiger partial charge in [0.2, 0.25) is 0 Å². The zero-order valence-electron chi connectivity index (χ0n) is 21.8. The Hall–Kier alpha value is -6.34. The van der Waals surface area contributed by atoms with Gasteiger partial charge >= 0.3 is 0 Å². The van der Waals surface area contributed by atoms with E-state index in [2.05, 4.69) is 0 Å². The summed E-state index contributed by atoms with van der Waals surface area (Å²) in [4.78, 5) is 0. The third-order valence-corrected chi connectivity index (χ3v) is 4.77. The summed E-state index contributed by atoms with van der Waals surface area (Å²) in [6, 6.07) is 8.11. The van der Waals surface area contributed by atoms with Gasteiger partial charge in [0.1, 0.15) is 24.3 Å². The lowest BCUT2D eigenvalue weighted by Crippen LogP contribution is -2.02. The van der Waals surface area contributed by atoms with Crippen LogP contribution in [-0.2, 0) is 0 Å². The molecule has 0 unspecified atom stereocenters. The SMILES string of the molecule is N#Cc1c(C#N)c(/C=C/C=C/C=C/C=C/C=C/C=C/N)c(C#N)c(C#N)c1/C=C/C=C/C=C/C=C/C=C/C=C/N. The van der Waals surface area contributed by atoms with Gasteiger partial charge in [-0.05, 0) is 24.6 Å². The molecular formula is C34H28N6. The molecule has 0 aliphatic heterocycles. The second-order valence-corrected chi connectivity index (χ2v) is 7.34. The smallest absolute Gasteiger partial charge is 0.101 e. The molecule has 0 saturated heterocycles. The van der Waals surface area contributed by atoms with Gasteiger partial charge in [0.25, 0.3) is 0 Å². The van der Waals surface area contributed by atoms with Crippen LogP contribution in [0.3, 0.4) is 0 Å². The van der Waals surface area contributed by atoms with E-state index >= 15 is 0 Å². The molecule has 0 amide bonds. The Kier molecular flexibility index (Phi) is 16.5. The van der Waals surface area contributed by atoms with Gasteiger partial charge in [-0.15, -0.1) is 0 Å². The van der Waals surface area contributed by atoms with Crippen LogP contribution in [0.2, 0.25) is 0 Å². The normalized spacial score (nSPS) is 12.9. The molecule has 6 nitrogen and oxygen atoms in total. The fourth-order valence-corrected chi connectivity index (χ4v) is 3.04. The quantitative estimate of drug-likeness (QED) is 0.297. The van der Waals surface area contributed by atoms with Crippen molar-refractivity contribution in [3.05, 3.63) is 167 Å². The molecule has 0 aliphatic carbocycles. The van der Waals surface area contributed by atoms with Crippen LogP contribution in [0.4, 0.5) is 0 Å². The Morgan fingerprint density at radius 3 is 0.725 bits per heavy atom. The molecule has 0 aliphatic rings. The van der Waals surface area contributed by atoms with Gasteiger partial charge < -0.3 is 11.5 Å². The molecule has 0 radical (unpaired) electrons. The van der Waals surface area contributed by atoms with E-state index in [1.165, 1.54) is 12.4 Å². The van der Waals surface area contributed by atoms with Crippen molar-refractivity contribution in [3.8, 4) is 24.3 Å². The molecule has 6 heteroatoms. The molecular weight excluding hydrogens is 492 g/mol. The van der Waals surface area contributed by atoms with Crippen molar-refractivity contribution in [1.29, 1.82) is 21.0 Å². The van der Waals surface area contributed by atoms with Crippen molar-refractivity contribution >= 4 is 12.2 Å². The van der Waals surface area contributed by atoms with Crippen molar-refractivity contribution in [3.63, 3.8) is 0 Å². The van der Waals surface area contributed by atoms with Crippen LogP contribution in [0.1, 0.15) is 33.4 Å². The van der Waals surface area contributed by atoms with E-state index in [0.717, 1.165) is 0 Å². The molecule has 0 spiro atoms. The molecule has 0 saturated carbocycles. The van der Waals surface area contributed by atoms with Crippen molar-refractivity contribution in [2.45, 2.75) is 0 Å². The van der Waals surface area contributed by atoms with Crippen LogP contribution >= 0.6 is 0 Å². The van der Waals surface area contributed by atoms with E-state index in [0.29, 0.717) is 0 Å². The molecule has 40 heavy (non-hydrogen) atoms. The predicted octanol–water partition coefficient (Wildman–Crippen LogP) is 6.59. The summed E-state index contributed by atoms with van der Waals surface area (Å²) >= 11 is 0. The first-order valence-electron chi connectivity index (χ1n) is 12.0. The Morgan fingerprint density at radius 2 is 0.525 bits per heavy atom. The molecule has 1 rings (SSSR count). The number of allylic oxidation sites excluding steroid dienone is 20. The van der Waals surface area contributed by atoms with Gasteiger partial charge in [0.05, 0.1) is 22.3 Å². The molecule has 0 heterocycles. The largest absolute Gasteiger partial charge is 0.405 e. The second kappa shape index (κ2) is 20.8. The lowest BCUT2D eigenvalue weighted by atomic mass is 9.87. The highest BCUT2D eigenvalue weighted by Crippen LogP contribution is 2.29. The van der Waals surface area contributed by atoms with Gasteiger partial charge in [0, 0.05) is 11.1 Å². The van der Waals surface area contributed by atoms with Crippen molar-refractivity contribution < 1.29 is 0 Å². The Bertz CT molecular complexity index is 1370. The Labute approximate surface area is 236 Å². The minimum absolute atomic E-state index is 0.0330. The van der Waals surface area contributed by atoms with Crippen molar-refractivity contribution in [1.82, 2.24) is 0 Å². The maximum atomic E-state index is 9.83. The summed E-state index contributed by atoms with van der Waals surface area (Å²) in [6.07, 6.45) is 41.5. The highest BCUT2D eigenvalue weighted by molar-refractivity contribution is 5.80. The lowest BCUT2D eigenvalue weighted by Gasteiger charge is -2.10. The van der Waals surface area contributed by atoms with Gasteiger partial charge in [-0.3, -0.25) is 0 Å². The van der Waals surface area contributed by atoms with Crippen LogP contribution in [0.25, 0.3) is 12.2 Å². The number of benzene rings is 1. The first-order chi connectivity index (χ1) is 19.7. The van der Waals surface area contributed by atoms with Gasteiger partial charge in [0.15, 0.2) is 0 Å². The maximum Gasteiger partial charge on any atom is 0.101 e. The number of nitrogens with two attached hydrogens (primary N) is 2. The van der Waals surface area contributed by atoms with Crippen LogP contribution in [0.15, 0.2) is 134 Å². The Balaban J connectivity index is 3.23. The fraction of sp³-hybridized carbons (Fsp3) is 0. The zero-order chi connectivity index (χ0) is 29.3. The summed E-state index contributed by atoms with van der Waals surface area (Å²) in [5.74, 6) is 0. The van der Waals surface area contributed by atoms with Gasteiger partial charge in [-0.1, -0.05) is 122 Å². The third-order valence-electron chi connectivity index (χ3n) is 4.77. The van der Waals surface area contributed by atoms with Crippen LogP contribution in [-0.4, -0.2) is 0 Å². The van der Waals surface area contributed by atoms with E-state index in [1.807, 2.05) is 72.9 Å². The summed E-state index contributed by atoms with van der Waals surface area (Å²) in [5, 5.41) is 39.3. The van der Waals surface area contributed by atoms with E-state index in [4.69, 9.17) is 11.5 Å². The van der Waals surface area contributed by atoms with Crippen molar-refractivity contribution in [2.24, 2.45) is 11.5 Å². The summed E-state index contributed by atoms with van der Waals surface area (Å²) in [6.45, 7) is 0. The third kappa shape index (κ3) is 11.2. The summed E-state index contributed by atoms with van der Waals surface area (Å²) in [7, 11) is 0. The van der Waals surface area contributed by atoms with E-state index < -0.39 is 0 Å². The number of hydrogen-bond donors (Lipinski definition) is 2. The maximum absolute atomic E-state index is 9.83. The average molecular weight is 521 g/mol. The fourth-order valence-electron chi connectivity index (χ4n) is 3.04. The molecule has 0 atom stereocenters. The number of rotatable bonds is 12. The minimum Gasteiger partial charge on any atom is -0.405 e. The Morgan fingerprint density at radius 1 is 0.325 bits per heavy atom. The minimum atomic E-state index is 0.0330. The van der Waals surface area contributed by atoms with Gasteiger partial charge in [-0.2, -0.15) is 21.0 Å². The molecule has 1 aromatic rings. The molecule has 1 aromatic carbocycles. The molecule has 4 N–H and O–H groups in total. The summed E-state index contributed by atoms with van der Waals surface area (Å²) in [5.41, 5.74) is 11.1. The highest BCUT2D eigenvalue weighted by atomic mass is 14.5. The van der Waals surface area contributed by atoms with E-state index in [1.54, 1.807) is 85.1 Å². The van der Waals surface area contributed by atoms with E-state index in [9.17, 15) is 21.0 Å². The average Bonchev–Trinajstić information content (AvgIpc) is 2.97. The first-order valence-corrected chi connectivity index (χ1v) is 12.0. The molecule has 194 valence electrons. The lowest BCUT2D eigenvalue weighted by molar-refractivity contribution is 1.35. The second-order valence-electron chi connectivity index (χ2n) is 7.34. The standard InChI is InChI=1S/C34H28N6/c35-23-19-15-11-7-3-1-5-9-13-17-21-29-31(25-37)33(27-39)30(34(28-40)32(29)26-38)22-18-14-10-6-2-4-8-12-16-20-24-36/h1-24H,35-36H2/b5-1+,6-2+,7-3+,8-4+,13-9+,14-10+,15-11+,16-12+,21-17+,22-18+,23-19+,24-20+. The number of nitrogens with zero attached hydrogens (tertiary/aromatic N) is 4. The summed E-state index contributed by atoms with van der Waals surface area (Å²) < 4.78 is 0. The zero-order valence-corrected chi connectivity index (χ0v) is 21.8. The predicted molar refractivity (Wildman–Crippen MR) is 163 cm³/mol. The monoisotopic (exact) mass is 520 g/mol. The first kappa shape index (κ1) is 31.7. The van der Waals surface area contributed by atoms with Crippen LogP contribution in [0, 0.1) is 45.3 Å². The van der Waals surface area contributed by atoms with E-state index in [-0.39, 0.29) is 33.4 Å². The van der Waals surface area contributed by atoms with Crippen LogP contribution < -0.4 is 11.5 Å². The topological polar surface area (TPSA) is 147 Å². The van der Waals surface area contributed by atoms with Gasteiger partial charge in [-0.25, -0.2) is 0 Å². The molecule has 0 bridgehead atoms. The highest BCUT2D eigenvalue weighted by Gasteiger charge is 2.21. The number of nitriles is 4. The molecule has 0 aromatic heterocycles. The number of hydrogen-bond acceptors (Lipinski definition) is 6. The van der Waals surface area contributed by atoms with Crippen LogP contribution in [0.5, 0.6) is 0 Å².